The van der Waals surface area contributed by atoms with Crippen LogP contribution in [0.5, 0.6) is 0 Å². The van der Waals surface area contributed by atoms with Gasteiger partial charge in [-0.3, -0.25) is 4.79 Å². The molecule has 0 aromatic rings. The van der Waals surface area contributed by atoms with Crippen LogP contribution in [-0.4, -0.2) is 26.2 Å². The molecule has 0 aromatic heterocycles. The number of Topliss-reactive ketones (excluding diaryl/α,β-unsaturated/α-hetero) is 1. The molecule has 0 aromatic carbocycles. The number of sulfone groups is 1. The van der Waals surface area contributed by atoms with Crippen LogP contribution in [-0.2, 0) is 14.6 Å². The van der Waals surface area contributed by atoms with Crippen LogP contribution in [0.1, 0.15) is 38.5 Å². The smallest absolute Gasteiger partial charge is 0.147 e. The first-order valence-electron chi connectivity index (χ1n) is 5.17. The summed E-state index contributed by atoms with van der Waals surface area (Å²) in [5.41, 5.74) is 0. The molecule has 0 saturated heterocycles. The van der Waals surface area contributed by atoms with Crippen LogP contribution in [0.2, 0.25) is 0 Å². The van der Waals surface area contributed by atoms with E-state index < -0.39 is 9.84 Å². The van der Waals surface area contributed by atoms with E-state index in [1.54, 1.807) is 0 Å². The van der Waals surface area contributed by atoms with Gasteiger partial charge in [0.25, 0.3) is 0 Å². The number of hydrogen-bond donors (Lipinski definition) is 0. The zero-order chi connectivity index (χ0) is 10.6. The second kappa shape index (κ2) is 4.91. The Morgan fingerprint density at radius 3 is 2.43 bits per heavy atom. The number of carbonyl (C=O) groups is 1. The number of hydrogen-bond acceptors (Lipinski definition) is 3. The highest BCUT2D eigenvalue weighted by molar-refractivity contribution is 7.90. The molecule has 1 fully saturated rings. The summed E-state index contributed by atoms with van der Waals surface area (Å²) in [6, 6.07) is 0. The van der Waals surface area contributed by atoms with Gasteiger partial charge in [0.1, 0.15) is 15.6 Å². The third-order valence-electron chi connectivity index (χ3n) is 2.71. The molecule has 0 aliphatic heterocycles. The van der Waals surface area contributed by atoms with Gasteiger partial charge in [-0.05, 0) is 12.3 Å². The van der Waals surface area contributed by atoms with Gasteiger partial charge < -0.3 is 0 Å². The first-order valence-corrected chi connectivity index (χ1v) is 7.23. The van der Waals surface area contributed by atoms with Crippen molar-refractivity contribution in [1.29, 1.82) is 0 Å². The molecule has 14 heavy (non-hydrogen) atoms. The fourth-order valence-corrected chi connectivity index (χ4v) is 2.32. The molecule has 1 rings (SSSR count). The Hall–Kier alpha value is -0.380. The largest absolute Gasteiger partial charge is 0.300 e. The maximum atomic E-state index is 11.3. The second-order valence-electron chi connectivity index (χ2n) is 4.27. The van der Waals surface area contributed by atoms with Gasteiger partial charge in [-0.15, -0.1) is 0 Å². The molecule has 1 saturated carbocycles. The lowest BCUT2D eigenvalue weighted by Crippen LogP contribution is -2.16. The van der Waals surface area contributed by atoms with Gasteiger partial charge in [0.15, 0.2) is 0 Å². The quantitative estimate of drug-likeness (QED) is 0.680. The molecule has 0 atom stereocenters. The molecule has 3 nitrogen and oxygen atoms in total. The lowest BCUT2D eigenvalue weighted by atomic mass is 9.81. The van der Waals surface area contributed by atoms with Crippen molar-refractivity contribution in [2.75, 3.05) is 12.0 Å². The lowest BCUT2D eigenvalue weighted by molar-refractivity contribution is -0.120. The average molecular weight is 218 g/mol. The van der Waals surface area contributed by atoms with Crippen molar-refractivity contribution in [3.8, 4) is 0 Å². The van der Waals surface area contributed by atoms with Crippen molar-refractivity contribution in [2.45, 2.75) is 38.5 Å². The van der Waals surface area contributed by atoms with Gasteiger partial charge in [-0.2, -0.15) is 0 Å². The summed E-state index contributed by atoms with van der Waals surface area (Å²) in [6.45, 7) is 0. The van der Waals surface area contributed by atoms with Gasteiger partial charge >= 0.3 is 0 Å². The summed E-state index contributed by atoms with van der Waals surface area (Å²) >= 11 is 0. The van der Waals surface area contributed by atoms with E-state index in [9.17, 15) is 13.2 Å². The Bertz CT molecular complexity index is 288. The summed E-state index contributed by atoms with van der Waals surface area (Å²) < 4.78 is 21.6. The van der Waals surface area contributed by atoms with E-state index >= 15 is 0 Å². The van der Waals surface area contributed by atoms with Crippen LogP contribution in [0.15, 0.2) is 0 Å². The van der Waals surface area contributed by atoms with E-state index in [-0.39, 0.29) is 11.5 Å². The van der Waals surface area contributed by atoms with Crippen LogP contribution in [0.4, 0.5) is 0 Å². The van der Waals surface area contributed by atoms with Crippen molar-refractivity contribution < 1.29 is 13.2 Å². The third kappa shape index (κ3) is 4.74. The molecular weight excluding hydrogens is 200 g/mol. The lowest BCUT2D eigenvalue weighted by Gasteiger charge is -2.24. The molecule has 0 bridgehead atoms. The molecule has 82 valence electrons. The predicted molar refractivity (Wildman–Crippen MR) is 55.9 cm³/mol. The number of carbonyl (C=O) groups excluding carboxylic acids is 1. The maximum absolute atomic E-state index is 11.3. The Kier molecular flexibility index (Phi) is 4.11. The minimum Gasteiger partial charge on any atom is -0.300 e. The highest BCUT2D eigenvalue weighted by atomic mass is 32.2. The summed E-state index contributed by atoms with van der Waals surface area (Å²) in [5, 5.41) is 0. The number of rotatable bonds is 6. The molecule has 0 heterocycles. The summed E-state index contributed by atoms with van der Waals surface area (Å²) in [7, 11) is -2.89. The number of ketones is 1. The van der Waals surface area contributed by atoms with Crippen molar-refractivity contribution >= 4 is 15.6 Å². The van der Waals surface area contributed by atoms with Gasteiger partial charge in [0.2, 0.25) is 0 Å². The molecule has 1 aliphatic carbocycles. The van der Waals surface area contributed by atoms with Crippen molar-refractivity contribution in [1.82, 2.24) is 0 Å². The summed E-state index contributed by atoms with van der Waals surface area (Å²) in [4.78, 5) is 11.3. The van der Waals surface area contributed by atoms with Gasteiger partial charge in [-0.25, -0.2) is 8.42 Å². The molecule has 0 unspecified atom stereocenters. The fourth-order valence-electron chi connectivity index (χ4n) is 1.65. The zero-order valence-electron chi connectivity index (χ0n) is 8.66. The molecule has 0 N–H and O–H groups in total. The van der Waals surface area contributed by atoms with E-state index in [4.69, 9.17) is 0 Å². The molecule has 0 spiro atoms. The first kappa shape index (κ1) is 11.7. The minimum absolute atomic E-state index is 0.142. The van der Waals surface area contributed by atoms with Gasteiger partial charge in [-0.1, -0.05) is 19.3 Å². The van der Waals surface area contributed by atoms with Crippen LogP contribution in [0.3, 0.4) is 0 Å². The normalized spacial score (nSPS) is 17.8. The van der Waals surface area contributed by atoms with Crippen LogP contribution < -0.4 is 0 Å². The van der Waals surface area contributed by atoms with E-state index in [1.165, 1.54) is 25.5 Å². The molecule has 4 heteroatoms. The first-order chi connectivity index (χ1) is 6.47. The Balaban J connectivity index is 2.08. The summed E-state index contributed by atoms with van der Waals surface area (Å²) in [6.07, 6.45) is 6.41. The van der Waals surface area contributed by atoms with Crippen LogP contribution in [0.25, 0.3) is 0 Å². The predicted octanol–water partition coefficient (Wildman–Crippen LogP) is 1.57. The highest BCUT2D eigenvalue weighted by Crippen LogP contribution is 2.29. The maximum Gasteiger partial charge on any atom is 0.147 e. The van der Waals surface area contributed by atoms with Crippen molar-refractivity contribution in [2.24, 2.45) is 5.92 Å². The molecular formula is C10H18O3S. The van der Waals surface area contributed by atoms with Crippen LogP contribution in [0, 0.1) is 5.92 Å². The average Bonchev–Trinajstić information content (AvgIpc) is 1.94. The van der Waals surface area contributed by atoms with Crippen molar-refractivity contribution in [3.63, 3.8) is 0 Å². The SMILES string of the molecule is CS(=O)(=O)CCCC(=O)CC1CCC1. The zero-order valence-corrected chi connectivity index (χ0v) is 9.48. The molecule has 0 radical (unpaired) electrons. The Labute approximate surface area is 85.8 Å². The van der Waals surface area contributed by atoms with Gasteiger partial charge in [0, 0.05) is 19.1 Å². The second-order valence-corrected chi connectivity index (χ2v) is 6.53. The Morgan fingerprint density at radius 1 is 1.36 bits per heavy atom. The highest BCUT2D eigenvalue weighted by Gasteiger charge is 2.20. The molecule has 1 aliphatic rings. The summed E-state index contributed by atoms with van der Waals surface area (Å²) in [5.74, 6) is 0.975. The topological polar surface area (TPSA) is 51.2 Å². The standard InChI is InChI=1S/C10H18O3S/c1-14(12,13)7-3-6-10(11)8-9-4-2-5-9/h9H,2-8H2,1H3. The monoisotopic (exact) mass is 218 g/mol. The minimum atomic E-state index is -2.89. The van der Waals surface area contributed by atoms with E-state index in [2.05, 4.69) is 0 Å². The van der Waals surface area contributed by atoms with Crippen LogP contribution >= 0.6 is 0 Å². The van der Waals surface area contributed by atoms with E-state index in [0.717, 1.165) is 0 Å². The molecule has 0 amide bonds. The fraction of sp³-hybridized carbons (Fsp3) is 0.900. The Morgan fingerprint density at radius 2 is 2.00 bits per heavy atom. The van der Waals surface area contributed by atoms with E-state index in [1.807, 2.05) is 0 Å². The van der Waals surface area contributed by atoms with Gasteiger partial charge in [0.05, 0.1) is 5.75 Å². The van der Waals surface area contributed by atoms with E-state index in [0.29, 0.717) is 25.2 Å². The van der Waals surface area contributed by atoms with Crippen molar-refractivity contribution in [3.05, 3.63) is 0 Å². The third-order valence-corrected chi connectivity index (χ3v) is 3.74.